The molecular weight excluding hydrogens is 300 g/mol. The minimum Gasteiger partial charge on any atom is -0.376 e. The Morgan fingerprint density at radius 3 is 2.88 bits per heavy atom. The molecule has 3 heterocycles. The molecule has 126 valence electrons. The van der Waals surface area contributed by atoms with Crippen molar-refractivity contribution in [3.05, 3.63) is 47.9 Å². The summed E-state index contributed by atoms with van der Waals surface area (Å²) in [6, 6.07) is 8.18. The molecule has 2 aromatic heterocycles. The third kappa shape index (κ3) is 3.00. The smallest absolute Gasteiger partial charge is 0.151 e. The maximum atomic E-state index is 6.12. The molecular formula is C19H24N4O. The van der Waals surface area contributed by atoms with Gasteiger partial charge in [-0.1, -0.05) is 6.42 Å². The molecule has 1 aliphatic carbocycles. The van der Waals surface area contributed by atoms with Gasteiger partial charge in [0.2, 0.25) is 0 Å². The standard InChI is InChI=1S/C19H24N4O/c1-15-4-5-18(22-21-15)23-11-17-3-2-8-19(17,13-23)14-24-12-16-6-9-20-10-7-16/h4-7,9-10,17H,2-3,8,11-14H2,1H3/t17-,19+/m1/s1. The van der Waals surface area contributed by atoms with Crippen molar-refractivity contribution in [1.82, 2.24) is 15.2 Å². The second-order valence-electron chi connectivity index (χ2n) is 7.21. The van der Waals surface area contributed by atoms with Crippen LogP contribution in [-0.2, 0) is 11.3 Å². The van der Waals surface area contributed by atoms with Crippen LogP contribution in [0.4, 0.5) is 5.82 Å². The van der Waals surface area contributed by atoms with Crippen molar-refractivity contribution in [2.24, 2.45) is 11.3 Å². The van der Waals surface area contributed by atoms with Gasteiger partial charge in [-0.2, -0.15) is 5.10 Å². The molecule has 5 heteroatoms. The van der Waals surface area contributed by atoms with E-state index in [-0.39, 0.29) is 5.41 Å². The van der Waals surface area contributed by atoms with Gasteiger partial charge < -0.3 is 9.64 Å². The second kappa shape index (κ2) is 6.48. The van der Waals surface area contributed by atoms with Crippen LogP contribution in [0.2, 0.25) is 0 Å². The minimum atomic E-state index is 0.277. The van der Waals surface area contributed by atoms with Crippen LogP contribution in [0.3, 0.4) is 0 Å². The molecule has 2 fully saturated rings. The van der Waals surface area contributed by atoms with Crippen molar-refractivity contribution in [3.8, 4) is 0 Å². The van der Waals surface area contributed by atoms with Gasteiger partial charge in [0.1, 0.15) is 0 Å². The van der Waals surface area contributed by atoms with Crippen LogP contribution < -0.4 is 4.90 Å². The molecule has 0 amide bonds. The van der Waals surface area contributed by atoms with Crippen LogP contribution in [-0.4, -0.2) is 34.9 Å². The summed E-state index contributed by atoms with van der Waals surface area (Å²) in [4.78, 5) is 6.45. The summed E-state index contributed by atoms with van der Waals surface area (Å²) < 4.78 is 6.12. The Kier molecular flexibility index (Phi) is 4.19. The van der Waals surface area contributed by atoms with E-state index in [4.69, 9.17) is 4.74 Å². The van der Waals surface area contributed by atoms with Crippen LogP contribution in [0.1, 0.15) is 30.5 Å². The number of aryl methyl sites for hydroxylation is 1. The SMILES string of the molecule is Cc1ccc(N2C[C@H]3CCC[C@@]3(COCc3ccncc3)C2)nn1. The van der Waals surface area contributed by atoms with E-state index in [0.717, 1.165) is 31.2 Å². The Balaban J connectivity index is 1.42. The van der Waals surface area contributed by atoms with E-state index in [9.17, 15) is 0 Å². The van der Waals surface area contributed by atoms with E-state index in [1.165, 1.54) is 24.8 Å². The molecule has 1 saturated heterocycles. The lowest BCUT2D eigenvalue weighted by atomic mass is 9.81. The molecule has 24 heavy (non-hydrogen) atoms. The van der Waals surface area contributed by atoms with Crippen molar-refractivity contribution >= 4 is 5.82 Å². The van der Waals surface area contributed by atoms with Gasteiger partial charge in [0.15, 0.2) is 5.82 Å². The van der Waals surface area contributed by atoms with Gasteiger partial charge in [0.25, 0.3) is 0 Å². The van der Waals surface area contributed by atoms with E-state index in [1.54, 1.807) is 0 Å². The van der Waals surface area contributed by atoms with Gasteiger partial charge in [0, 0.05) is 30.9 Å². The summed E-state index contributed by atoms with van der Waals surface area (Å²) in [6.45, 7) is 5.59. The zero-order chi connectivity index (χ0) is 16.4. The largest absolute Gasteiger partial charge is 0.376 e. The number of hydrogen-bond donors (Lipinski definition) is 0. The van der Waals surface area contributed by atoms with Gasteiger partial charge in [0.05, 0.1) is 18.9 Å². The molecule has 0 bridgehead atoms. The van der Waals surface area contributed by atoms with Crippen molar-refractivity contribution in [3.63, 3.8) is 0 Å². The van der Waals surface area contributed by atoms with Gasteiger partial charge in [-0.3, -0.25) is 4.98 Å². The van der Waals surface area contributed by atoms with E-state index in [2.05, 4.69) is 26.1 Å². The van der Waals surface area contributed by atoms with E-state index >= 15 is 0 Å². The molecule has 1 aliphatic heterocycles. The minimum absolute atomic E-state index is 0.277. The summed E-state index contributed by atoms with van der Waals surface area (Å²) in [7, 11) is 0. The number of anilines is 1. The van der Waals surface area contributed by atoms with Crippen LogP contribution in [0, 0.1) is 18.3 Å². The lowest BCUT2D eigenvalue weighted by Crippen LogP contribution is -2.32. The molecule has 0 unspecified atom stereocenters. The third-order valence-electron chi connectivity index (χ3n) is 5.56. The summed E-state index contributed by atoms with van der Waals surface area (Å²) >= 11 is 0. The number of nitrogens with zero attached hydrogens (tertiary/aromatic N) is 4. The fraction of sp³-hybridized carbons (Fsp3) is 0.526. The normalized spacial score (nSPS) is 25.9. The lowest BCUT2D eigenvalue weighted by molar-refractivity contribution is 0.0315. The highest BCUT2D eigenvalue weighted by Crippen LogP contribution is 2.49. The first-order valence-corrected chi connectivity index (χ1v) is 8.77. The average Bonchev–Trinajstić information content (AvgIpc) is 3.14. The molecule has 5 nitrogen and oxygen atoms in total. The Morgan fingerprint density at radius 2 is 2.08 bits per heavy atom. The van der Waals surface area contributed by atoms with Crippen LogP contribution in [0.15, 0.2) is 36.7 Å². The molecule has 0 radical (unpaired) electrons. The van der Waals surface area contributed by atoms with Gasteiger partial charge in [-0.05, 0) is 55.5 Å². The first-order valence-electron chi connectivity index (χ1n) is 8.77. The Hall–Kier alpha value is -2.01. The van der Waals surface area contributed by atoms with E-state index < -0.39 is 0 Å². The highest BCUT2D eigenvalue weighted by Gasteiger charge is 2.49. The van der Waals surface area contributed by atoms with Crippen molar-refractivity contribution in [2.75, 3.05) is 24.6 Å². The monoisotopic (exact) mass is 324 g/mol. The molecule has 0 spiro atoms. The number of ether oxygens (including phenoxy) is 1. The van der Waals surface area contributed by atoms with E-state index in [1.807, 2.05) is 37.5 Å². The maximum Gasteiger partial charge on any atom is 0.151 e. The van der Waals surface area contributed by atoms with Crippen molar-refractivity contribution in [2.45, 2.75) is 32.8 Å². The maximum absolute atomic E-state index is 6.12. The summed E-state index contributed by atoms with van der Waals surface area (Å²) in [5, 5.41) is 8.59. The van der Waals surface area contributed by atoms with Crippen molar-refractivity contribution < 1.29 is 4.74 Å². The van der Waals surface area contributed by atoms with Gasteiger partial charge in [-0.25, -0.2) is 0 Å². The van der Waals surface area contributed by atoms with Crippen LogP contribution in [0.25, 0.3) is 0 Å². The summed E-state index contributed by atoms with van der Waals surface area (Å²) in [5.41, 5.74) is 2.43. The predicted molar refractivity (Wildman–Crippen MR) is 92.6 cm³/mol. The predicted octanol–water partition coefficient (Wildman–Crippen LogP) is 3.00. The Labute approximate surface area is 143 Å². The molecule has 4 rings (SSSR count). The molecule has 0 aromatic carbocycles. The molecule has 1 saturated carbocycles. The van der Waals surface area contributed by atoms with Gasteiger partial charge in [-0.15, -0.1) is 5.10 Å². The first-order chi connectivity index (χ1) is 11.8. The summed E-state index contributed by atoms with van der Waals surface area (Å²) in [5.74, 6) is 1.71. The number of rotatable bonds is 5. The van der Waals surface area contributed by atoms with Crippen molar-refractivity contribution in [1.29, 1.82) is 0 Å². The quantitative estimate of drug-likeness (QED) is 0.846. The number of hydrogen-bond acceptors (Lipinski definition) is 5. The van der Waals surface area contributed by atoms with Crippen LogP contribution in [0.5, 0.6) is 0 Å². The first kappa shape index (κ1) is 15.5. The molecule has 2 aromatic rings. The average molecular weight is 324 g/mol. The number of aromatic nitrogens is 3. The zero-order valence-corrected chi connectivity index (χ0v) is 14.2. The third-order valence-corrected chi connectivity index (χ3v) is 5.56. The number of pyridine rings is 1. The second-order valence-corrected chi connectivity index (χ2v) is 7.21. The molecule has 2 aliphatic rings. The van der Waals surface area contributed by atoms with Gasteiger partial charge >= 0.3 is 0 Å². The fourth-order valence-corrected chi connectivity index (χ4v) is 4.24. The van der Waals surface area contributed by atoms with E-state index in [0.29, 0.717) is 12.5 Å². The number of fused-ring (bicyclic) bond motifs is 1. The molecule has 0 N–H and O–H groups in total. The fourth-order valence-electron chi connectivity index (χ4n) is 4.24. The Bertz CT molecular complexity index is 676. The highest BCUT2D eigenvalue weighted by atomic mass is 16.5. The lowest BCUT2D eigenvalue weighted by Gasteiger charge is -2.28. The molecule has 2 atom stereocenters. The summed E-state index contributed by atoms with van der Waals surface area (Å²) in [6.07, 6.45) is 7.51. The highest BCUT2D eigenvalue weighted by molar-refractivity contribution is 5.40. The zero-order valence-electron chi connectivity index (χ0n) is 14.2. The Morgan fingerprint density at radius 1 is 1.21 bits per heavy atom. The topological polar surface area (TPSA) is 51.1 Å². The van der Waals surface area contributed by atoms with Crippen LogP contribution >= 0.6 is 0 Å².